The van der Waals surface area contributed by atoms with Crippen LogP contribution in [0.2, 0.25) is 0 Å². The van der Waals surface area contributed by atoms with E-state index in [2.05, 4.69) is 15.5 Å². The summed E-state index contributed by atoms with van der Waals surface area (Å²) in [5.41, 5.74) is 2.20. The second-order valence-electron chi connectivity index (χ2n) is 6.09. The number of hydrogen-bond donors (Lipinski definition) is 2. The highest BCUT2D eigenvalue weighted by molar-refractivity contribution is 6.05. The van der Waals surface area contributed by atoms with Crippen molar-refractivity contribution in [2.45, 2.75) is 13.0 Å². The van der Waals surface area contributed by atoms with Gasteiger partial charge in [-0.1, -0.05) is 18.2 Å². The van der Waals surface area contributed by atoms with E-state index in [-0.39, 0.29) is 11.9 Å². The summed E-state index contributed by atoms with van der Waals surface area (Å²) in [4.78, 5) is 12.7. The van der Waals surface area contributed by atoms with E-state index >= 15 is 0 Å². The predicted molar refractivity (Wildman–Crippen MR) is 102 cm³/mol. The minimum atomic E-state index is -0.211. The van der Waals surface area contributed by atoms with Gasteiger partial charge in [-0.3, -0.25) is 9.89 Å². The number of benzene rings is 2. The van der Waals surface area contributed by atoms with Crippen LogP contribution in [0.15, 0.2) is 42.6 Å². The van der Waals surface area contributed by atoms with Crippen molar-refractivity contribution in [2.75, 3.05) is 27.4 Å². The number of para-hydroxylation sites is 1. The van der Waals surface area contributed by atoms with Gasteiger partial charge in [0.1, 0.15) is 6.61 Å². The van der Waals surface area contributed by atoms with E-state index in [1.54, 1.807) is 26.5 Å². The molecule has 0 aliphatic heterocycles. The number of carbonyl (C=O) groups is 1. The molecule has 0 fully saturated rings. The van der Waals surface area contributed by atoms with Gasteiger partial charge < -0.3 is 19.5 Å². The topological polar surface area (TPSA) is 85.5 Å². The van der Waals surface area contributed by atoms with Gasteiger partial charge in [0, 0.05) is 12.5 Å². The molecule has 7 nitrogen and oxygen atoms in total. The number of amides is 1. The number of nitrogens with zero attached hydrogens (tertiary/aromatic N) is 1. The molecule has 2 aromatic carbocycles. The quantitative estimate of drug-likeness (QED) is 0.596. The zero-order valence-corrected chi connectivity index (χ0v) is 15.6. The minimum absolute atomic E-state index is 0.170. The first-order chi connectivity index (χ1) is 13.1. The lowest BCUT2D eigenvalue weighted by Crippen LogP contribution is -2.26. The van der Waals surface area contributed by atoms with E-state index in [9.17, 15) is 4.79 Å². The average Bonchev–Trinajstić information content (AvgIpc) is 3.17. The Morgan fingerprint density at radius 3 is 2.81 bits per heavy atom. The number of aromatic amines is 1. The van der Waals surface area contributed by atoms with Crippen LogP contribution in [0, 0.1) is 0 Å². The molecule has 27 heavy (non-hydrogen) atoms. The number of nitrogens with one attached hydrogen (secondary N) is 2. The van der Waals surface area contributed by atoms with Gasteiger partial charge in [0.05, 0.1) is 37.0 Å². The molecule has 0 spiro atoms. The van der Waals surface area contributed by atoms with Crippen molar-refractivity contribution in [3.05, 3.63) is 53.7 Å². The molecule has 0 radical (unpaired) electrons. The molecule has 0 unspecified atom stereocenters. The zero-order chi connectivity index (χ0) is 19.2. The number of hydrogen-bond acceptors (Lipinski definition) is 5. The highest BCUT2D eigenvalue weighted by Crippen LogP contribution is 2.30. The normalized spacial score (nSPS) is 12.0. The molecule has 1 atom stereocenters. The molecular weight excluding hydrogens is 346 g/mol. The van der Waals surface area contributed by atoms with Crippen LogP contribution in [0.5, 0.6) is 11.5 Å². The van der Waals surface area contributed by atoms with Crippen LogP contribution in [0.4, 0.5) is 0 Å². The Balaban J connectivity index is 1.74. The number of rotatable bonds is 8. The van der Waals surface area contributed by atoms with Crippen LogP contribution in [0.25, 0.3) is 10.9 Å². The van der Waals surface area contributed by atoms with Crippen LogP contribution in [0.1, 0.15) is 28.9 Å². The molecule has 0 aliphatic carbocycles. The highest BCUT2D eigenvalue weighted by atomic mass is 16.5. The first kappa shape index (κ1) is 18.7. The minimum Gasteiger partial charge on any atom is -0.493 e. The summed E-state index contributed by atoms with van der Waals surface area (Å²) in [6.07, 6.45) is 1.70. The first-order valence-corrected chi connectivity index (χ1v) is 8.66. The summed E-state index contributed by atoms with van der Waals surface area (Å²) in [5.74, 6) is 1.08. The van der Waals surface area contributed by atoms with Gasteiger partial charge in [-0.05, 0) is 30.7 Å². The van der Waals surface area contributed by atoms with Crippen molar-refractivity contribution in [3.8, 4) is 11.5 Å². The lowest BCUT2D eigenvalue weighted by atomic mass is 10.1. The summed E-state index contributed by atoms with van der Waals surface area (Å²) in [6.45, 7) is 2.86. The second-order valence-corrected chi connectivity index (χ2v) is 6.09. The van der Waals surface area contributed by atoms with E-state index in [1.807, 2.05) is 37.3 Å². The number of ether oxygens (including phenoxy) is 3. The van der Waals surface area contributed by atoms with E-state index in [0.29, 0.717) is 30.3 Å². The van der Waals surface area contributed by atoms with Crippen LogP contribution >= 0.6 is 0 Å². The second kappa shape index (κ2) is 8.55. The van der Waals surface area contributed by atoms with Gasteiger partial charge in [0.2, 0.25) is 0 Å². The average molecular weight is 369 g/mol. The Bertz CT molecular complexity index is 922. The molecule has 1 aromatic heterocycles. The first-order valence-electron chi connectivity index (χ1n) is 8.66. The highest BCUT2D eigenvalue weighted by Gasteiger charge is 2.16. The largest absolute Gasteiger partial charge is 0.493 e. The fourth-order valence-electron chi connectivity index (χ4n) is 2.82. The monoisotopic (exact) mass is 369 g/mol. The fraction of sp³-hybridized carbons (Fsp3) is 0.300. The van der Waals surface area contributed by atoms with Crippen molar-refractivity contribution < 1.29 is 19.0 Å². The summed E-state index contributed by atoms with van der Waals surface area (Å²) >= 11 is 0. The zero-order valence-electron chi connectivity index (χ0n) is 15.6. The lowest BCUT2D eigenvalue weighted by molar-refractivity contribution is 0.0941. The number of H-pyrrole nitrogens is 1. The molecule has 0 saturated carbocycles. The van der Waals surface area contributed by atoms with Gasteiger partial charge in [-0.25, -0.2) is 0 Å². The standard InChI is InChI=1S/C20H23N3O4/c1-13(14-7-8-17(18(11-14)26-3)27-10-9-25-2)22-20(24)16-6-4-5-15-12-21-23-19(15)16/h4-8,11-13H,9-10H2,1-3H3,(H,21,23)(H,22,24)/t13-/m0/s1. The molecule has 0 saturated heterocycles. The van der Waals surface area contributed by atoms with Crippen LogP contribution < -0.4 is 14.8 Å². The van der Waals surface area contributed by atoms with Crippen molar-refractivity contribution >= 4 is 16.8 Å². The number of fused-ring (bicyclic) bond motifs is 1. The van der Waals surface area contributed by atoms with Gasteiger partial charge in [-0.2, -0.15) is 5.10 Å². The number of aromatic nitrogens is 2. The van der Waals surface area contributed by atoms with Crippen LogP contribution in [-0.2, 0) is 4.74 Å². The van der Waals surface area contributed by atoms with E-state index in [1.165, 1.54) is 0 Å². The molecule has 1 amide bonds. The molecule has 7 heteroatoms. The van der Waals surface area contributed by atoms with E-state index < -0.39 is 0 Å². The molecule has 1 heterocycles. The Hall–Kier alpha value is -3.06. The Morgan fingerprint density at radius 2 is 2.04 bits per heavy atom. The predicted octanol–water partition coefficient (Wildman–Crippen LogP) is 3.09. The Kier molecular flexibility index (Phi) is 5.93. The van der Waals surface area contributed by atoms with Crippen molar-refractivity contribution in [1.82, 2.24) is 15.5 Å². The molecule has 2 N–H and O–H groups in total. The maximum absolute atomic E-state index is 12.7. The summed E-state index contributed by atoms with van der Waals surface area (Å²) in [6, 6.07) is 10.9. The van der Waals surface area contributed by atoms with Gasteiger partial charge >= 0.3 is 0 Å². The summed E-state index contributed by atoms with van der Waals surface area (Å²) < 4.78 is 16.0. The molecule has 142 valence electrons. The SMILES string of the molecule is COCCOc1ccc([C@H](C)NC(=O)c2cccc3cn[nH]c23)cc1OC. The van der Waals surface area contributed by atoms with Crippen molar-refractivity contribution in [3.63, 3.8) is 0 Å². The number of carbonyl (C=O) groups excluding carboxylic acids is 1. The van der Waals surface area contributed by atoms with Gasteiger partial charge in [-0.15, -0.1) is 0 Å². The van der Waals surface area contributed by atoms with Crippen LogP contribution in [-0.4, -0.2) is 43.5 Å². The fourth-order valence-corrected chi connectivity index (χ4v) is 2.82. The third-order valence-corrected chi connectivity index (χ3v) is 4.30. The molecular formula is C20H23N3O4. The maximum atomic E-state index is 12.7. The van der Waals surface area contributed by atoms with Gasteiger partial charge in [0.15, 0.2) is 11.5 Å². The smallest absolute Gasteiger partial charge is 0.253 e. The Labute approximate surface area is 157 Å². The van der Waals surface area contributed by atoms with E-state index in [0.717, 1.165) is 16.5 Å². The van der Waals surface area contributed by atoms with Crippen LogP contribution in [0.3, 0.4) is 0 Å². The van der Waals surface area contributed by atoms with Crippen molar-refractivity contribution in [2.24, 2.45) is 0 Å². The van der Waals surface area contributed by atoms with Crippen molar-refractivity contribution in [1.29, 1.82) is 0 Å². The molecule has 0 aliphatic rings. The lowest BCUT2D eigenvalue weighted by Gasteiger charge is -2.17. The Morgan fingerprint density at radius 1 is 1.19 bits per heavy atom. The number of methoxy groups -OCH3 is 2. The third kappa shape index (κ3) is 4.20. The molecule has 3 rings (SSSR count). The van der Waals surface area contributed by atoms with E-state index in [4.69, 9.17) is 14.2 Å². The molecule has 3 aromatic rings. The summed E-state index contributed by atoms with van der Waals surface area (Å²) in [7, 11) is 3.21. The summed E-state index contributed by atoms with van der Waals surface area (Å²) in [5, 5.41) is 10.8. The van der Waals surface area contributed by atoms with Gasteiger partial charge in [0.25, 0.3) is 5.91 Å². The maximum Gasteiger partial charge on any atom is 0.253 e. The molecule has 0 bridgehead atoms. The third-order valence-electron chi connectivity index (χ3n) is 4.30.